The Balaban J connectivity index is 1.91. The summed E-state index contributed by atoms with van der Waals surface area (Å²) in [6, 6.07) is 17.9. The summed E-state index contributed by atoms with van der Waals surface area (Å²) < 4.78 is 84.9. The van der Waals surface area contributed by atoms with Crippen molar-refractivity contribution in [1.29, 1.82) is 0 Å². The lowest BCUT2D eigenvalue weighted by Crippen LogP contribution is -2.47. The molecular weight excluding hydrogens is 500 g/mol. The number of hydrogen-bond donors (Lipinski definition) is 2. The van der Waals surface area contributed by atoms with Gasteiger partial charge in [-0.25, -0.2) is 0 Å². The average molecular weight is 525 g/mol. The second kappa shape index (κ2) is 11.8. The maximum absolute atomic E-state index is 13.2. The van der Waals surface area contributed by atoms with E-state index in [1.165, 1.54) is 6.92 Å². The predicted molar refractivity (Wildman–Crippen MR) is 125 cm³/mol. The van der Waals surface area contributed by atoms with Crippen LogP contribution in [0.3, 0.4) is 0 Å². The molecule has 198 valence electrons. The quantitative estimate of drug-likeness (QED) is 0.297. The summed E-state index contributed by atoms with van der Waals surface area (Å²) in [5, 5.41) is 12.4. The van der Waals surface area contributed by atoms with E-state index in [9.17, 15) is 36.2 Å². The fourth-order valence-electron chi connectivity index (χ4n) is 4.02. The molecule has 0 saturated heterocycles. The molecule has 3 rings (SSSR count). The zero-order valence-electron chi connectivity index (χ0n) is 19.7. The van der Waals surface area contributed by atoms with Crippen molar-refractivity contribution in [2.45, 2.75) is 43.9 Å². The second-order valence-corrected chi connectivity index (χ2v) is 8.56. The van der Waals surface area contributed by atoms with Gasteiger partial charge in [0.05, 0.1) is 24.3 Å². The molecular formula is C27H25F6NO3. The Morgan fingerprint density at radius 3 is 1.70 bits per heavy atom. The molecule has 2 unspecified atom stereocenters. The molecule has 3 aromatic rings. The van der Waals surface area contributed by atoms with E-state index in [2.05, 4.69) is 5.32 Å². The van der Waals surface area contributed by atoms with Gasteiger partial charge in [-0.2, -0.15) is 26.3 Å². The van der Waals surface area contributed by atoms with Gasteiger partial charge in [0.25, 0.3) is 0 Å². The third-order valence-corrected chi connectivity index (χ3v) is 5.77. The topological polar surface area (TPSA) is 58.6 Å². The van der Waals surface area contributed by atoms with E-state index in [1.807, 2.05) is 60.7 Å². The van der Waals surface area contributed by atoms with Crippen LogP contribution in [0, 0.1) is 0 Å². The molecule has 2 N–H and O–H groups in total. The Kier molecular flexibility index (Phi) is 8.98. The fraction of sp³-hybridized carbons (Fsp3) is 0.296. The van der Waals surface area contributed by atoms with Gasteiger partial charge < -0.3 is 9.84 Å². The number of carboxylic acids is 1. The van der Waals surface area contributed by atoms with E-state index in [-0.39, 0.29) is 18.2 Å². The van der Waals surface area contributed by atoms with E-state index in [0.717, 1.165) is 11.1 Å². The number of rotatable bonds is 10. The highest BCUT2D eigenvalue weighted by atomic mass is 19.4. The number of ether oxygens (including phenoxy) is 1. The summed E-state index contributed by atoms with van der Waals surface area (Å²) >= 11 is 0. The van der Waals surface area contributed by atoms with Crippen LogP contribution in [0.5, 0.6) is 0 Å². The number of nitrogens with one attached hydrogen (secondary N) is 1. The number of alkyl halides is 6. The molecule has 0 aliphatic carbocycles. The van der Waals surface area contributed by atoms with Crippen LogP contribution < -0.4 is 5.32 Å². The third kappa shape index (κ3) is 7.80. The lowest BCUT2D eigenvalue weighted by Gasteiger charge is -2.30. The van der Waals surface area contributed by atoms with E-state index in [4.69, 9.17) is 4.74 Å². The SMILES string of the molecule is CC(NC(COCc1cc(C(F)(F)F)cc(C(F)(F)F)c1)C(c1ccccc1)c1ccccc1)C(=O)O. The minimum absolute atomic E-state index is 0.0588. The van der Waals surface area contributed by atoms with E-state index in [0.29, 0.717) is 12.1 Å². The molecule has 0 radical (unpaired) electrons. The van der Waals surface area contributed by atoms with Gasteiger partial charge in [0.1, 0.15) is 6.04 Å². The first-order valence-corrected chi connectivity index (χ1v) is 11.3. The van der Waals surface area contributed by atoms with Gasteiger partial charge in [0, 0.05) is 12.0 Å². The molecule has 0 aliphatic heterocycles. The van der Waals surface area contributed by atoms with Crippen molar-refractivity contribution < 1.29 is 41.0 Å². The minimum Gasteiger partial charge on any atom is -0.480 e. The summed E-state index contributed by atoms with van der Waals surface area (Å²) in [4.78, 5) is 11.6. The molecule has 0 saturated carbocycles. The highest BCUT2D eigenvalue weighted by Crippen LogP contribution is 2.36. The van der Waals surface area contributed by atoms with Gasteiger partial charge in [-0.3, -0.25) is 10.1 Å². The maximum Gasteiger partial charge on any atom is 0.416 e. The van der Waals surface area contributed by atoms with Gasteiger partial charge in [-0.1, -0.05) is 60.7 Å². The van der Waals surface area contributed by atoms with Crippen molar-refractivity contribution >= 4 is 5.97 Å². The third-order valence-electron chi connectivity index (χ3n) is 5.77. The zero-order chi connectivity index (χ0) is 27.2. The molecule has 0 spiro atoms. The van der Waals surface area contributed by atoms with Gasteiger partial charge in [0.15, 0.2) is 0 Å². The monoisotopic (exact) mass is 525 g/mol. The van der Waals surface area contributed by atoms with Crippen LogP contribution in [-0.2, 0) is 28.5 Å². The largest absolute Gasteiger partial charge is 0.480 e. The molecule has 0 heterocycles. The van der Waals surface area contributed by atoms with Gasteiger partial charge in [-0.05, 0) is 41.8 Å². The number of hydrogen-bond acceptors (Lipinski definition) is 3. The Morgan fingerprint density at radius 1 is 0.838 bits per heavy atom. The highest BCUT2D eigenvalue weighted by Gasteiger charge is 2.37. The van der Waals surface area contributed by atoms with Crippen molar-refractivity contribution in [2.24, 2.45) is 0 Å². The van der Waals surface area contributed by atoms with Crippen LogP contribution in [0.1, 0.15) is 40.7 Å². The summed E-state index contributed by atoms with van der Waals surface area (Å²) in [6.07, 6.45) is -9.94. The number of aliphatic carboxylic acids is 1. The van der Waals surface area contributed by atoms with Crippen LogP contribution in [-0.4, -0.2) is 29.8 Å². The van der Waals surface area contributed by atoms with Crippen molar-refractivity contribution in [3.05, 3.63) is 107 Å². The molecule has 2 atom stereocenters. The van der Waals surface area contributed by atoms with Crippen LogP contribution in [0.2, 0.25) is 0 Å². The van der Waals surface area contributed by atoms with Gasteiger partial charge >= 0.3 is 18.3 Å². The van der Waals surface area contributed by atoms with Crippen molar-refractivity contribution in [2.75, 3.05) is 6.61 Å². The van der Waals surface area contributed by atoms with Crippen LogP contribution in [0.4, 0.5) is 26.3 Å². The van der Waals surface area contributed by atoms with Crippen LogP contribution in [0.15, 0.2) is 78.9 Å². The molecule has 3 aromatic carbocycles. The Bertz CT molecular complexity index is 1090. The lowest BCUT2D eigenvalue weighted by atomic mass is 9.85. The van der Waals surface area contributed by atoms with Crippen molar-refractivity contribution in [1.82, 2.24) is 5.32 Å². The molecule has 0 fully saturated rings. The number of halogens is 6. The summed E-state index contributed by atoms with van der Waals surface area (Å²) in [5.41, 5.74) is -1.51. The summed E-state index contributed by atoms with van der Waals surface area (Å²) in [5.74, 6) is -1.55. The Morgan fingerprint density at radius 2 is 1.30 bits per heavy atom. The van der Waals surface area contributed by atoms with E-state index >= 15 is 0 Å². The molecule has 4 nitrogen and oxygen atoms in total. The van der Waals surface area contributed by atoms with Crippen LogP contribution in [0.25, 0.3) is 0 Å². The first-order valence-electron chi connectivity index (χ1n) is 11.3. The van der Waals surface area contributed by atoms with Gasteiger partial charge in [0.2, 0.25) is 0 Å². The molecule has 0 aromatic heterocycles. The summed E-state index contributed by atoms with van der Waals surface area (Å²) in [7, 11) is 0. The van der Waals surface area contributed by atoms with E-state index < -0.39 is 54.1 Å². The molecule has 0 bridgehead atoms. The van der Waals surface area contributed by atoms with Gasteiger partial charge in [-0.15, -0.1) is 0 Å². The fourth-order valence-corrected chi connectivity index (χ4v) is 4.02. The Hall–Kier alpha value is -3.37. The minimum atomic E-state index is -4.97. The Labute approximate surface area is 209 Å². The average Bonchev–Trinajstić information content (AvgIpc) is 2.84. The predicted octanol–water partition coefficient (Wildman–Crippen LogP) is 6.50. The second-order valence-electron chi connectivity index (χ2n) is 8.56. The molecule has 0 amide bonds. The number of carboxylic acid groups (broad SMARTS) is 1. The van der Waals surface area contributed by atoms with Crippen LogP contribution >= 0.6 is 0 Å². The zero-order valence-corrected chi connectivity index (χ0v) is 19.7. The normalized spacial score (nSPS) is 13.9. The smallest absolute Gasteiger partial charge is 0.416 e. The lowest BCUT2D eigenvalue weighted by molar-refractivity contribution is -0.143. The first-order chi connectivity index (χ1) is 17.4. The van der Waals surface area contributed by atoms with Crippen molar-refractivity contribution in [3.63, 3.8) is 0 Å². The standard InChI is InChI=1S/C27H25F6NO3/c1-17(25(35)36)34-23(24(19-8-4-2-5-9-19)20-10-6-3-7-11-20)16-37-15-18-12-21(26(28,29)30)14-22(13-18)27(31,32)33/h2-14,17,23-24,34H,15-16H2,1H3,(H,35,36). The maximum atomic E-state index is 13.2. The molecule has 0 aliphatic rings. The molecule has 37 heavy (non-hydrogen) atoms. The number of benzene rings is 3. The highest BCUT2D eigenvalue weighted by molar-refractivity contribution is 5.72. The van der Waals surface area contributed by atoms with Crippen molar-refractivity contribution in [3.8, 4) is 0 Å². The molecule has 10 heteroatoms. The summed E-state index contributed by atoms with van der Waals surface area (Å²) in [6.45, 7) is 0.706. The van der Waals surface area contributed by atoms with E-state index in [1.54, 1.807) is 0 Å². The number of carbonyl (C=O) groups is 1. The first kappa shape index (κ1) is 28.2.